The summed E-state index contributed by atoms with van der Waals surface area (Å²) in [6.45, 7) is 6.32. The van der Waals surface area contributed by atoms with Gasteiger partial charge in [0.05, 0.1) is 38.5 Å². The van der Waals surface area contributed by atoms with Gasteiger partial charge in [-0.25, -0.2) is 0 Å². The lowest BCUT2D eigenvalue weighted by atomic mass is 10.1. The molecule has 0 saturated carbocycles. The standard InChI is InChI=1S/C16H22N2O3/c1-11-3-5-13(6-4-11)15-17-12(2)16(19)18(15)9-14-10-20-7-8-21-14/h3-6,12,14-15,17H,7-10H2,1-2H3. The van der Waals surface area contributed by atoms with Gasteiger partial charge in [0.25, 0.3) is 0 Å². The van der Waals surface area contributed by atoms with Crippen LogP contribution in [0.1, 0.15) is 24.2 Å². The number of nitrogens with one attached hydrogen (secondary N) is 1. The Balaban J connectivity index is 1.77. The van der Waals surface area contributed by atoms with Crippen LogP contribution in [0.3, 0.4) is 0 Å². The molecule has 5 nitrogen and oxygen atoms in total. The van der Waals surface area contributed by atoms with E-state index in [1.807, 2.05) is 11.8 Å². The molecule has 21 heavy (non-hydrogen) atoms. The maximum atomic E-state index is 12.4. The van der Waals surface area contributed by atoms with E-state index in [1.54, 1.807) is 0 Å². The van der Waals surface area contributed by atoms with Crippen LogP contribution in [0.4, 0.5) is 0 Å². The zero-order chi connectivity index (χ0) is 14.8. The minimum atomic E-state index is -0.166. The summed E-state index contributed by atoms with van der Waals surface area (Å²) in [6.07, 6.45) is -0.124. The minimum Gasteiger partial charge on any atom is -0.376 e. The molecule has 0 aromatic heterocycles. The molecule has 1 aromatic carbocycles. The fourth-order valence-electron chi connectivity index (χ4n) is 2.86. The van der Waals surface area contributed by atoms with Gasteiger partial charge < -0.3 is 14.4 Å². The molecule has 1 amide bonds. The minimum absolute atomic E-state index is 0.0391. The highest BCUT2D eigenvalue weighted by Gasteiger charge is 2.38. The second-order valence-electron chi connectivity index (χ2n) is 5.76. The van der Waals surface area contributed by atoms with E-state index >= 15 is 0 Å². The maximum Gasteiger partial charge on any atom is 0.241 e. The van der Waals surface area contributed by atoms with Crippen molar-refractivity contribution in [2.24, 2.45) is 0 Å². The van der Waals surface area contributed by atoms with Crippen molar-refractivity contribution in [3.05, 3.63) is 35.4 Å². The maximum absolute atomic E-state index is 12.4. The van der Waals surface area contributed by atoms with Crippen LogP contribution < -0.4 is 5.32 Å². The van der Waals surface area contributed by atoms with Gasteiger partial charge in [-0.1, -0.05) is 29.8 Å². The molecule has 0 bridgehead atoms. The molecule has 5 heteroatoms. The number of ether oxygens (including phenoxy) is 2. The van der Waals surface area contributed by atoms with Gasteiger partial charge in [0.2, 0.25) is 5.91 Å². The third-order valence-electron chi connectivity index (χ3n) is 4.05. The lowest BCUT2D eigenvalue weighted by molar-refractivity contribution is -0.137. The summed E-state index contributed by atoms with van der Waals surface area (Å²) in [7, 11) is 0. The Hall–Kier alpha value is -1.43. The summed E-state index contributed by atoms with van der Waals surface area (Å²) >= 11 is 0. The topological polar surface area (TPSA) is 50.8 Å². The molecule has 0 radical (unpaired) electrons. The van der Waals surface area contributed by atoms with Crippen LogP contribution in [0.2, 0.25) is 0 Å². The van der Waals surface area contributed by atoms with Crippen molar-refractivity contribution in [3.8, 4) is 0 Å². The average molecular weight is 290 g/mol. The first-order chi connectivity index (χ1) is 10.1. The molecular weight excluding hydrogens is 268 g/mol. The Kier molecular flexibility index (Phi) is 4.24. The Morgan fingerprint density at radius 3 is 2.71 bits per heavy atom. The van der Waals surface area contributed by atoms with Gasteiger partial charge in [0, 0.05) is 0 Å². The molecule has 2 saturated heterocycles. The second-order valence-corrected chi connectivity index (χ2v) is 5.76. The molecule has 2 fully saturated rings. The van der Waals surface area contributed by atoms with Gasteiger partial charge in [0.1, 0.15) is 6.17 Å². The first-order valence-corrected chi connectivity index (χ1v) is 7.47. The molecule has 3 atom stereocenters. The first-order valence-electron chi connectivity index (χ1n) is 7.47. The third-order valence-corrected chi connectivity index (χ3v) is 4.05. The van der Waals surface area contributed by atoms with Crippen LogP contribution in [0, 0.1) is 6.92 Å². The number of amides is 1. The predicted molar refractivity (Wildman–Crippen MR) is 78.8 cm³/mol. The molecule has 114 valence electrons. The van der Waals surface area contributed by atoms with Gasteiger partial charge in [0.15, 0.2) is 0 Å². The van der Waals surface area contributed by atoms with E-state index in [-0.39, 0.29) is 24.2 Å². The van der Waals surface area contributed by atoms with E-state index in [0.29, 0.717) is 26.4 Å². The van der Waals surface area contributed by atoms with Crippen LogP contribution >= 0.6 is 0 Å². The predicted octanol–water partition coefficient (Wildman–Crippen LogP) is 1.23. The van der Waals surface area contributed by atoms with E-state index in [4.69, 9.17) is 9.47 Å². The van der Waals surface area contributed by atoms with Gasteiger partial charge in [-0.15, -0.1) is 0 Å². The normalized spacial score (nSPS) is 29.9. The number of rotatable bonds is 3. The number of hydrogen-bond acceptors (Lipinski definition) is 4. The Morgan fingerprint density at radius 2 is 2.05 bits per heavy atom. The fourth-order valence-corrected chi connectivity index (χ4v) is 2.86. The first kappa shape index (κ1) is 14.5. The Bertz CT molecular complexity index is 497. The molecule has 2 aliphatic heterocycles. The zero-order valence-electron chi connectivity index (χ0n) is 12.5. The highest BCUT2D eigenvalue weighted by Crippen LogP contribution is 2.26. The number of benzene rings is 1. The van der Waals surface area contributed by atoms with Gasteiger partial charge in [-0.2, -0.15) is 0 Å². The van der Waals surface area contributed by atoms with Crippen molar-refractivity contribution < 1.29 is 14.3 Å². The number of hydrogen-bond donors (Lipinski definition) is 1. The van der Waals surface area contributed by atoms with Crippen LogP contribution in [0.15, 0.2) is 24.3 Å². The molecule has 3 rings (SSSR count). The summed E-state index contributed by atoms with van der Waals surface area (Å²) in [5.41, 5.74) is 2.32. The summed E-state index contributed by atoms with van der Waals surface area (Å²) < 4.78 is 11.1. The highest BCUT2D eigenvalue weighted by atomic mass is 16.6. The number of carbonyl (C=O) groups excluding carboxylic acids is 1. The van der Waals surface area contributed by atoms with Crippen molar-refractivity contribution in [1.29, 1.82) is 0 Å². The molecule has 0 spiro atoms. The molecule has 2 heterocycles. The lowest BCUT2D eigenvalue weighted by Gasteiger charge is -2.31. The quantitative estimate of drug-likeness (QED) is 0.909. The molecule has 1 N–H and O–H groups in total. The number of carbonyl (C=O) groups is 1. The van der Waals surface area contributed by atoms with Crippen molar-refractivity contribution in [2.45, 2.75) is 32.2 Å². The van der Waals surface area contributed by atoms with E-state index in [2.05, 4.69) is 36.5 Å². The van der Waals surface area contributed by atoms with Crippen molar-refractivity contribution in [2.75, 3.05) is 26.4 Å². The SMILES string of the molecule is Cc1ccc(C2NC(C)C(=O)N2CC2COCCO2)cc1. The van der Waals surface area contributed by atoms with Crippen molar-refractivity contribution >= 4 is 5.91 Å². The lowest BCUT2D eigenvalue weighted by Crippen LogP contribution is -2.42. The van der Waals surface area contributed by atoms with Gasteiger partial charge in [-0.05, 0) is 19.4 Å². The average Bonchev–Trinajstić information content (AvgIpc) is 2.78. The van der Waals surface area contributed by atoms with E-state index in [1.165, 1.54) is 5.56 Å². The number of nitrogens with zero attached hydrogens (tertiary/aromatic N) is 1. The molecule has 3 unspecified atom stereocenters. The molecular formula is C16H22N2O3. The summed E-state index contributed by atoms with van der Waals surface area (Å²) in [4.78, 5) is 14.3. The largest absolute Gasteiger partial charge is 0.376 e. The zero-order valence-corrected chi connectivity index (χ0v) is 12.5. The van der Waals surface area contributed by atoms with Gasteiger partial charge >= 0.3 is 0 Å². The summed E-state index contributed by atoms with van der Waals surface area (Å²) in [5.74, 6) is 0.120. The van der Waals surface area contributed by atoms with E-state index < -0.39 is 0 Å². The van der Waals surface area contributed by atoms with Crippen molar-refractivity contribution in [1.82, 2.24) is 10.2 Å². The van der Waals surface area contributed by atoms with E-state index in [0.717, 1.165) is 5.56 Å². The smallest absolute Gasteiger partial charge is 0.241 e. The summed E-state index contributed by atoms with van der Waals surface area (Å²) in [5, 5.41) is 3.36. The fraction of sp³-hybridized carbons (Fsp3) is 0.562. The van der Waals surface area contributed by atoms with Crippen LogP contribution in [0.5, 0.6) is 0 Å². The van der Waals surface area contributed by atoms with E-state index in [9.17, 15) is 4.79 Å². The van der Waals surface area contributed by atoms with Crippen LogP contribution in [-0.2, 0) is 14.3 Å². The highest BCUT2D eigenvalue weighted by molar-refractivity contribution is 5.84. The second kappa shape index (κ2) is 6.13. The Labute approximate surface area is 125 Å². The van der Waals surface area contributed by atoms with Crippen molar-refractivity contribution in [3.63, 3.8) is 0 Å². The molecule has 2 aliphatic rings. The monoisotopic (exact) mass is 290 g/mol. The Morgan fingerprint density at radius 1 is 1.29 bits per heavy atom. The van der Waals surface area contributed by atoms with Crippen LogP contribution in [-0.4, -0.2) is 49.3 Å². The van der Waals surface area contributed by atoms with Crippen LogP contribution in [0.25, 0.3) is 0 Å². The van der Waals surface area contributed by atoms with Gasteiger partial charge in [-0.3, -0.25) is 10.1 Å². The summed E-state index contributed by atoms with van der Waals surface area (Å²) in [6, 6.07) is 8.12. The molecule has 1 aromatic rings. The number of aryl methyl sites for hydroxylation is 1. The molecule has 0 aliphatic carbocycles. The third kappa shape index (κ3) is 3.10.